The third-order valence-electron chi connectivity index (χ3n) is 4.70. The maximum absolute atomic E-state index is 12.8. The van der Waals surface area contributed by atoms with Crippen molar-refractivity contribution >= 4 is 29.1 Å². The van der Waals surface area contributed by atoms with Crippen molar-refractivity contribution in [2.75, 3.05) is 17.2 Å². The second kappa shape index (κ2) is 8.62. The zero-order chi connectivity index (χ0) is 19.2. The fraction of sp³-hybridized carbons (Fsp3) is 0.400. The zero-order valence-electron chi connectivity index (χ0n) is 15.7. The second-order valence-corrected chi connectivity index (χ2v) is 6.74. The van der Waals surface area contributed by atoms with Crippen LogP contribution in [0.25, 0.3) is 0 Å². The van der Waals surface area contributed by atoms with E-state index in [1.165, 1.54) is 13.3 Å². The molecule has 1 aliphatic rings. The van der Waals surface area contributed by atoms with Gasteiger partial charge in [0.05, 0.1) is 5.56 Å². The summed E-state index contributed by atoms with van der Waals surface area (Å²) in [5.74, 6) is 0.271. The summed E-state index contributed by atoms with van der Waals surface area (Å²) in [5.41, 5.74) is 1.95. The highest BCUT2D eigenvalue weighted by molar-refractivity contribution is 5.94. The quantitative estimate of drug-likeness (QED) is 0.843. The molecule has 2 aromatic rings. The molecule has 2 N–H and O–H groups in total. The molecule has 1 saturated heterocycles. The topological polar surface area (TPSA) is 87.2 Å². The molecule has 7 heteroatoms. The van der Waals surface area contributed by atoms with Crippen molar-refractivity contribution in [2.24, 2.45) is 0 Å². The molecule has 142 valence electrons. The molecule has 27 heavy (non-hydrogen) atoms. The molecule has 1 atom stereocenters. The summed E-state index contributed by atoms with van der Waals surface area (Å²) in [5, 5.41) is 5.82. The maximum Gasteiger partial charge on any atom is 0.257 e. The highest BCUT2D eigenvalue weighted by atomic mass is 16.2. The Hall–Kier alpha value is -2.96. The Kier molecular flexibility index (Phi) is 6.01. The number of benzene rings is 1. The normalized spacial score (nSPS) is 16.7. The lowest BCUT2D eigenvalue weighted by atomic mass is 9.99. The number of piperidine rings is 1. The number of amides is 2. The smallest absolute Gasteiger partial charge is 0.257 e. The van der Waals surface area contributed by atoms with Gasteiger partial charge in [0.25, 0.3) is 5.91 Å². The molecular weight excluding hydrogens is 342 g/mol. The van der Waals surface area contributed by atoms with Crippen LogP contribution in [0.5, 0.6) is 0 Å². The average molecular weight is 367 g/mol. The first-order valence-electron chi connectivity index (χ1n) is 9.34. The van der Waals surface area contributed by atoms with Crippen molar-refractivity contribution in [3.8, 4) is 0 Å². The molecule has 1 aliphatic heterocycles. The number of likely N-dealkylation sites (tertiary alicyclic amines) is 1. The third kappa shape index (κ3) is 4.81. The lowest BCUT2D eigenvalue weighted by Crippen LogP contribution is -2.43. The van der Waals surface area contributed by atoms with E-state index in [1.54, 1.807) is 24.5 Å². The summed E-state index contributed by atoms with van der Waals surface area (Å²) < 4.78 is 0. The minimum Gasteiger partial charge on any atom is -0.336 e. The predicted octanol–water partition coefficient (Wildman–Crippen LogP) is 3.58. The number of nitrogens with one attached hydrogen (secondary N) is 2. The number of carbonyl (C=O) groups is 2. The van der Waals surface area contributed by atoms with Gasteiger partial charge >= 0.3 is 0 Å². The first-order valence-corrected chi connectivity index (χ1v) is 9.34. The van der Waals surface area contributed by atoms with E-state index in [0.29, 0.717) is 23.2 Å². The van der Waals surface area contributed by atoms with Crippen LogP contribution >= 0.6 is 0 Å². The molecule has 1 aromatic carbocycles. The molecule has 0 saturated carbocycles. The van der Waals surface area contributed by atoms with Crippen molar-refractivity contribution in [3.05, 3.63) is 42.2 Å². The van der Waals surface area contributed by atoms with Crippen LogP contribution in [0.1, 0.15) is 49.9 Å². The Morgan fingerprint density at radius 2 is 1.93 bits per heavy atom. The summed E-state index contributed by atoms with van der Waals surface area (Å²) in [6.07, 6.45) is 7.39. The monoisotopic (exact) mass is 367 g/mol. The average Bonchev–Trinajstić information content (AvgIpc) is 2.68. The van der Waals surface area contributed by atoms with Crippen LogP contribution in [0, 0.1) is 0 Å². The van der Waals surface area contributed by atoms with Crippen LogP contribution in [0.4, 0.5) is 17.3 Å². The van der Waals surface area contributed by atoms with E-state index in [0.717, 1.165) is 31.5 Å². The van der Waals surface area contributed by atoms with Gasteiger partial charge in [0, 0.05) is 43.3 Å². The van der Waals surface area contributed by atoms with E-state index >= 15 is 0 Å². The number of anilines is 3. The number of hydrogen-bond acceptors (Lipinski definition) is 5. The molecule has 0 bridgehead atoms. The van der Waals surface area contributed by atoms with Gasteiger partial charge in [-0.05, 0) is 43.9 Å². The van der Waals surface area contributed by atoms with E-state index in [9.17, 15) is 9.59 Å². The number of carbonyl (C=O) groups excluding carboxylic acids is 2. The summed E-state index contributed by atoms with van der Waals surface area (Å²) in [4.78, 5) is 34.4. The molecule has 2 amide bonds. The van der Waals surface area contributed by atoms with Gasteiger partial charge < -0.3 is 15.5 Å². The van der Waals surface area contributed by atoms with Crippen molar-refractivity contribution in [1.29, 1.82) is 0 Å². The number of nitrogens with zero attached hydrogens (tertiary/aromatic N) is 3. The van der Waals surface area contributed by atoms with Crippen LogP contribution in [-0.2, 0) is 4.79 Å². The summed E-state index contributed by atoms with van der Waals surface area (Å²) >= 11 is 0. The minimum absolute atomic E-state index is 0.000700. The number of rotatable bonds is 5. The van der Waals surface area contributed by atoms with Gasteiger partial charge in [-0.25, -0.2) is 9.97 Å². The number of aromatic nitrogens is 2. The van der Waals surface area contributed by atoms with Crippen LogP contribution in [0.2, 0.25) is 0 Å². The fourth-order valence-electron chi connectivity index (χ4n) is 3.37. The maximum atomic E-state index is 12.8. The summed E-state index contributed by atoms with van der Waals surface area (Å²) in [6, 6.07) is 7.59. The molecule has 1 aromatic heterocycles. The fourth-order valence-corrected chi connectivity index (χ4v) is 3.37. The van der Waals surface area contributed by atoms with Crippen LogP contribution in [0.15, 0.2) is 36.7 Å². The van der Waals surface area contributed by atoms with E-state index in [2.05, 4.69) is 27.5 Å². The predicted molar refractivity (Wildman–Crippen MR) is 105 cm³/mol. The van der Waals surface area contributed by atoms with Gasteiger partial charge in [-0.1, -0.05) is 13.0 Å². The number of hydrogen-bond donors (Lipinski definition) is 2. The molecule has 1 unspecified atom stereocenters. The van der Waals surface area contributed by atoms with Gasteiger partial charge in [-0.2, -0.15) is 0 Å². The summed E-state index contributed by atoms with van der Waals surface area (Å²) in [6.45, 7) is 4.38. The van der Waals surface area contributed by atoms with Crippen molar-refractivity contribution in [2.45, 2.75) is 45.6 Å². The SMILES string of the molecule is CCC1CCCCN1C(=O)c1cnc(Nc2cccc(NC(C)=O)c2)nc1. The lowest BCUT2D eigenvalue weighted by Gasteiger charge is -2.35. The molecule has 2 heterocycles. The van der Waals surface area contributed by atoms with Gasteiger partial charge in [0.15, 0.2) is 0 Å². The molecule has 0 radical (unpaired) electrons. The van der Waals surface area contributed by atoms with Gasteiger partial charge in [-0.15, -0.1) is 0 Å². The highest BCUT2D eigenvalue weighted by Crippen LogP contribution is 2.22. The van der Waals surface area contributed by atoms with Crippen LogP contribution < -0.4 is 10.6 Å². The molecule has 0 aliphatic carbocycles. The standard InChI is InChI=1S/C20H25N5O2/c1-3-18-9-4-5-10-25(18)19(27)15-12-21-20(22-13-15)24-17-8-6-7-16(11-17)23-14(2)26/h6-8,11-13,18H,3-5,9-10H2,1-2H3,(H,23,26)(H,21,22,24). The van der Waals surface area contributed by atoms with Crippen LogP contribution in [-0.4, -0.2) is 39.3 Å². The van der Waals surface area contributed by atoms with E-state index in [4.69, 9.17) is 0 Å². The van der Waals surface area contributed by atoms with Gasteiger partial charge in [0.1, 0.15) is 0 Å². The van der Waals surface area contributed by atoms with Crippen molar-refractivity contribution < 1.29 is 9.59 Å². The highest BCUT2D eigenvalue weighted by Gasteiger charge is 2.26. The van der Waals surface area contributed by atoms with Gasteiger partial charge in [-0.3, -0.25) is 9.59 Å². The van der Waals surface area contributed by atoms with E-state index in [1.807, 2.05) is 17.0 Å². The molecule has 7 nitrogen and oxygen atoms in total. The second-order valence-electron chi connectivity index (χ2n) is 6.74. The van der Waals surface area contributed by atoms with Crippen LogP contribution in [0.3, 0.4) is 0 Å². The Morgan fingerprint density at radius 3 is 2.63 bits per heavy atom. The van der Waals surface area contributed by atoms with E-state index < -0.39 is 0 Å². The molecule has 1 fully saturated rings. The van der Waals surface area contributed by atoms with E-state index in [-0.39, 0.29) is 11.8 Å². The molecule has 3 rings (SSSR count). The Labute approximate surface area is 159 Å². The Bertz CT molecular complexity index is 806. The molecular formula is C20H25N5O2. The zero-order valence-corrected chi connectivity index (χ0v) is 15.7. The molecule has 0 spiro atoms. The first kappa shape index (κ1) is 18.8. The summed E-state index contributed by atoms with van der Waals surface area (Å²) in [7, 11) is 0. The Balaban J connectivity index is 1.68. The van der Waals surface area contributed by atoms with Crippen molar-refractivity contribution in [3.63, 3.8) is 0 Å². The van der Waals surface area contributed by atoms with Gasteiger partial charge in [0.2, 0.25) is 11.9 Å². The lowest BCUT2D eigenvalue weighted by molar-refractivity contribution is -0.114. The van der Waals surface area contributed by atoms with Crippen molar-refractivity contribution in [1.82, 2.24) is 14.9 Å². The largest absolute Gasteiger partial charge is 0.336 e. The Morgan fingerprint density at radius 1 is 1.19 bits per heavy atom. The third-order valence-corrected chi connectivity index (χ3v) is 4.70. The minimum atomic E-state index is -0.130. The first-order chi connectivity index (χ1) is 13.1.